The molecule has 0 radical (unpaired) electrons. The number of carbonyl (C=O) groups is 1. The van der Waals surface area contributed by atoms with E-state index in [0.717, 1.165) is 25.3 Å². The van der Waals surface area contributed by atoms with Gasteiger partial charge in [0.25, 0.3) is 0 Å². The first-order valence-corrected chi connectivity index (χ1v) is 6.98. The third kappa shape index (κ3) is 5.01. The van der Waals surface area contributed by atoms with Gasteiger partial charge in [0.05, 0.1) is 6.04 Å². The molecule has 0 fully saturated rings. The van der Waals surface area contributed by atoms with Gasteiger partial charge < -0.3 is 11.1 Å². The van der Waals surface area contributed by atoms with Gasteiger partial charge >= 0.3 is 0 Å². The summed E-state index contributed by atoms with van der Waals surface area (Å²) >= 11 is 0. The van der Waals surface area contributed by atoms with Gasteiger partial charge in [0.2, 0.25) is 5.91 Å². The molecule has 0 aliphatic rings. The zero-order chi connectivity index (χ0) is 14.3. The second kappa shape index (κ2) is 7.92. The SMILES string of the molecule is CCC(N)C(=O)Nc1cccc(CN(CC)CC)c1. The van der Waals surface area contributed by atoms with Crippen LogP contribution < -0.4 is 11.1 Å². The Morgan fingerprint density at radius 3 is 2.58 bits per heavy atom. The largest absolute Gasteiger partial charge is 0.325 e. The molecule has 0 heterocycles. The number of anilines is 1. The van der Waals surface area contributed by atoms with Gasteiger partial charge in [-0.1, -0.05) is 32.9 Å². The Bertz CT molecular complexity index is 402. The van der Waals surface area contributed by atoms with Crippen molar-refractivity contribution in [1.29, 1.82) is 0 Å². The summed E-state index contributed by atoms with van der Waals surface area (Å²) in [4.78, 5) is 14.1. The Balaban J connectivity index is 2.69. The Kier molecular flexibility index (Phi) is 6.53. The fourth-order valence-corrected chi connectivity index (χ4v) is 1.87. The predicted molar refractivity (Wildman–Crippen MR) is 80.0 cm³/mol. The van der Waals surface area contributed by atoms with Crippen LogP contribution in [0.2, 0.25) is 0 Å². The van der Waals surface area contributed by atoms with Crippen molar-refractivity contribution >= 4 is 11.6 Å². The van der Waals surface area contributed by atoms with Gasteiger partial charge in [0.1, 0.15) is 0 Å². The second-order valence-electron chi connectivity index (χ2n) is 4.67. The minimum absolute atomic E-state index is 0.123. The van der Waals surface area contributed by atoms with Gasteiger partial charge in [-0.3, -0.25) is 9.69 Å². The first kappa shape index (κ1) is 15.7. The smallest absolute Gasteiger partial charge is 0.241 e. The Hall–Kier alpha value is -1.39. The van der Waals surface area contributed by atoms with E-state index in [2.05, 4.69) is 30.1 Å². The predicted octanol–water partition coefficient (Wildman–Crippen LogP) is 2.20. The summed E-state index contributed by atoms with van der Waals surface area (Å²) in [5, 5.41) is 2.86. The first-order valence-electron chi connectivity index (χ1n) is 6.98. The van der Waals surface area contributed by atoms with Gasteiger partial charge in [-0.05, 0) is 37.2 Å². The lowest BCUT2D eigenvalue weighted by Crippen LogP contribution is -2.34. The number of benzene rings is 1. The highest BCUT2D eigenvalue weighted by atomic mass is 16.2. The summed E-state index contributed by atoms with van der Waals surface area (Å²) in [6.45, 7) is 9.14. The maximum atomic E-state index is 11.7. The standard InChI is InChI=1S/C15H25N3O/c1-4-14(16)15(19)17-13-9-7-8-12(10-13)11-18(5-2)6-3/h7-10,14H,4-6,11,16H2,1-3H3,(H,17,19). The van der Waals surface area contributed by atoms with E-state index in [4.69, 9.17) is 5.73 Å². The molecular formula is C15H25N3O. The number of amides is 1. The first-order chi connectivity index (χ1) is 9.10. The van der Waals surface area contributed by atoms with Crippen molar-refractivity contribution in [3.8, 4) is 0 Å². The van der Waals surface area contributed by atoms with Crippen LogP contribution in [-0.4, -0.2) is 29.9 Å². The highest BCUT2D eigenvalue weighted by Crippen LogP contribution is 2.13. The molecule has 1 aromatic carbocycles. The van der Waals surface area contributed by atoms with Crippen molar-refractivity contribution in [2.45, 2.75) is 39.8 Å². The zero-order valence-electron chi connectivity index (χ0n) is 12.1. The van der Waals surface area contributed by atoms with Gasteiger partial charge in [0, 0.05) is 12.2 Å². The molecule has 0 saturated carbocycles. The molecule has 1 amide bonds. The van der Waals surface area contributed by atoms with Gasteiger partial charge in [0.15, 0.2) is 0 Å². The van der Waals surface area contributed by atoms with Crippen molar-refractivity contribution in [2.75, 3.05) is 18.4 Å². The van der Waals surface area contributed by atoms with Gasteiger partial charge in [-0.25, -0.2) is 0 Å². The number of hydrogen-bond acceptors (Lipinski definition) is 3. The number of carbonyl (C=O) groups excluding carboxylic acids is 1. The summed E-state index contributed by atoms with van der Waals surface area (Å²) in [7, 11) is 0. The number of nitrogens with zero attached hydrogens (tertiary/aromatic N) is 1. The van der Waals surface area contributed by atoms with Crippen LogP contribution in [0.3, 0.4) is 0 Å². The quantitative estimate of drug-likeness (QED) is 0.793. The summed E-state index contributed by atoms with van der Waals surface area (Å²) in [6.07, 6.45) is 0.644. The lowest BCUT2D eigenvalue weighted by atomic mass is 10.1. The van der Waals surface area contributed by atoms with Crippen LogP contribution in [-0.2, 0) is 11.3 Å². The topological polar surface area (TPSA) is 58.4 Å². The van der Waals surface area contributed by atoms with Crippen molar-refractivity contribution in [3.63, 3.8) is 0 Å². The summed E-state index contributed by atoms with van der Waals surface area (Å²) < 4.78 is 0. The van der Waals surface area contributed by atoms with E-state index in [-0.39, 0.29) is 5.91 Å². The average Bonchev–Trinajstić information content (AvgIpc) is 2.44. The van der Waals surface area contributed by atoms with Crippen molar-refractivity contribution < 1.29 is 4.79 Å². The molecule has 0 spiro atoms. The van der Waals surface area contributed by atoms with E-state index >= 15 is 0 Å². The zero-order valence-corrected chi connectivity index (χ0v) is 12.1. The maximum Gasteiger partial charge on any atom is 0.241 e. The summed E-state index contributed by atoms with van der Waals surface area (Å²) in [5.74, 6) is -0.123. The number of nitrogens with two attached hydrogens (primary N) is 1. The van der Waals surface area contributed by atoms with Crippen molar-refractivity contribution in [2.24, 2.45) is 5.73 Å². The molecule has 1 aromatic rings. The maximum absolute atomic E-state index is 11.7. The average molecular weight is 263 g/mol. The molecule has 0 bridgehead atoms. The van der Waals surface area contributed by atoms with E-state index in [9.17, 15) is 4.79 Å². The van der Waals surface area contributed by atoms with E-state index in [0.29, 0.717) is 6.42 Å². The minimum Gasteiger partial charge on any atom is -0.325 e. The van der Waals surface area contributed by atoms with Crippen LogP contribution in [0.15, 0.2) is 24.3 Å². The molecule has 0 saturated heterocycles. The molecule has 1 rings (SSSR count). The molecule has 106 valence electrons. The van der Waals surface area contributed by atoms with E-state index in [1.807, 2.05) is 25.1 Å². The summed E-state index contributed by atoms with van der Waals surface area (Å²) in [6, 6.07) is 7.51. The second-order valence-corrected chi connectivity index (χ2v) is 4.67. The molecule has 0 aromatic heterocycles. The van der Waals surface area contributed by atoms with Crippen LogP contribution in [0.1, 0.15) is 32.8 Å². The minimum atomic E-state index is -0.438. The molecule has 0 aliphatic carbocycles. The van der Waals surface area contributed by atoms with Crippen LogP contribution in [0, 0.1) is 0 Å². The molecule has 4 nitrogen and oxygen atoms in total. The third-order valence-corrected chi connectivity index (χ3v) is 3.27. The van der Waals surface area contributed by atoms with E-state index in [1.165, 1.54) is 5.56 Å². The molecule has 3 N–H and O–H groups in total. The fourth-order valence-electron chi connectivity index (χ4n) is 1.87. The van der Waals surface area contributed by atoms with Crippen molar-refractivity contribution in [1.82, 2.24) is 4.90 Å². The molecular weight excluding hydrogens is 238 g/mol. The highest BCUT2D eigenvalue weighted by molar-refractivity contribution is 5.94. The van der Waals surface area contributed by atoms with Gasteiger partial charge in [-0.15, -0.1) is 0 Å². The Morgan fingerprint density at radius 1 is 1.32 bits per heavy atom. The van der Waals surface area contributed by atoms with Crippen LogP contribution in [0.4, 0.5) is 5.69 Å². The molecule has 1 atom stereocenters. The van der Waals surface area contributed by atoms with Crippen LogP contribution in [0.5, 0.6) is 0 Å². The molecule has 19 heavy (non-hydrogen) atoms. The van der Waals surface area contributed by atoms with Crippen LogP contribution in [0.25, 0.3) is 0 Å². The number of rotatable bonds is 7. The van der Waals surface area contributed by atoms with Gasteiger partial charge in [-0.2, -0.15) is 0 Å². The lowest BCUT2D eigenvalue weighted by molar-refractivity contribution is -0.117. The monoisotopic (exact) mass is 263 g/mol. The van der Waals surface area contributed by atoms with Crippen molar-refractivity contribution in [3.05, 3.63) is 29.8 Å². The van der Waals surface area contributed by atoms with E-state index < -0.39 is 6.04 Å². The molecule has 0 aliphatic heterocycles. The highest BCUT2D eigenvalue weighted by Gasteiger charge is 2.11. The fraction of sp³-hybridized carbons (Fsp3) is 0.533. The third-order valence-electron chi connectivity index (χ3n) is 3.27. The summed E-state index contributed by atoms with van der Waals surface area (Å²) in [5.41, 5.74) is 7.72. The van der Waals surface area contributed by atoms with Crippen LogP contribution >= 0.6 is 0 Å². The number of hydrogen-bond donors (Lipinski definition) is 2. The molecule has 4 heteroatoms. The Morgan fingerprint density at radius 2 is 2.00 bits per heavy atom. The normalized spacial score (nSPS) is 12.5. The Labute approximate surface area is 116 Å². The van der Waals surface area contributed by atoms with E-state index in [1.54, 1.807) is 0 Å². The molecule has 1 unspecified atom stereocenters. The lowest BCUT2D eigenvalue weighted by Gasteiger charge is -2.18. The number of nitrogens with one attached hydrogen (secondary N) is 1.